The van der Waals surface area contributed by atoms with Crippen LogP contribution in [0.4, 0.5) is 13.2 Å². The highest BCUT2D eigenvalue weighted by Gasteiger charge is 2.58. The van der Waals surface area contributed by atoms with E-state index in [1.165, 1.54) is 4.90 Å². The SMILES string of the molecule is CCOCC1(C(F)(F)F)CCN(CC(=O)O)C1. The van der Waals surface area contributed by atoms with E-state index in [9.17, 15) is 18.0 Å². The van der Waals surface area contributed by atoms with Crippen molar-refractivity contribution in [3.8, 4) is 0 Å². The van der Waals surface area contributed by atoms with Crippen LogP contribution in [0, 0.1) is 5.41 Å². The number of nitrogens with zero attached hydrogens (tertiary/aromatic N) is 1. The van der Waals surface area contributed by atoms with Gasteiger partial charge in [0.15, 0.2) is 0 Å². The number of rotatable bonds is 5. The van der Waals surface area contributed by atoms with E-state index >= 15 is 0 Å². The third-order valence-corrected chi connectivity index (χ3v) is 2.98. The average Bonchev–Trinajstić information content (AvgIpc) is 2.58. The topological polar surface area (TPSA) is 49.8 Å². The van der Waals surface area contributed by atoms with Crippen molar-refractivity contribution in [1.29, 1.82) is 0 Å². The van der Waals surface area contributed by atoms with Gasteiger partial charge in [-0.25, -0.2) is 0 Å². The van der Waals surface area contributed by atoms with Crippen LogP contribution in [-0.2, 0) is 9.53 Å². The molecule has 1 aliphatic rings. The molecule has 0 aromatic rings. The Morgan fingerprint density at radius 3 is 2.65 bits per heavy atom. The van der Waals surface area contributed by atoms with E-state index in [0.29, 0.717) is 0 Å². The summed E-state index contributed by atoms with van der Waals surface area (Å²) in [6.07, 6.45) is -4.47. The minimum Gasteiger partial charge on any atom is -0.480 e. The van der Waals surface area contributed by atoms with Crippen LogP contribution in [0.15, 0.2) is 0 Å². The van der Waals surface area contributed by atoms with Crippen molar-refractivity contribution >= 4 is 5.97 Å². The summed E-state index contributed by atoms with van der Waals surface area (Å²) in [5, 5.41) is 8.57. The van der Waals surface area contributed by atoms with E-state index in [1.54, 1.807) is 6.92 Å². The van der Waals surface area contributed by atoms with Crippen molar-refractivity contribution < 1.29 is 27.8 Å². The zero-order valence-corrected chi connectivity index (χ0v) is 9.59. The molecule has 1 rings (SSSR count). The van der Waals surface area contributed by atoms with Gasteiger partial charge in [-0.1, -0.05) is 0 Å². The molecule has 0 bridgehead atoms. The highest BCUT2D eigenvalue weighted by atomic mass is 19.4. The quantitative estimate of drug-likeness (QED) is 0.806. The number of likely N-dealkylation sites (tertiary alicyclic amines) is 1. The lowest BCUT2D eigenvalue weighted by Gasteiger charge is -2.31. The summed E-state index contributed by atoms with van der Waals surface area (Å²) in [5.41, 5.74) is -1.92. The largest absolute Gasteiger partial charge is 0.480 e. The molecule has 100 valence electrons. The van der Waals surface area contributed by atoms with E-state index in [1.807, 2.05) is 0 Å². The first-order valence-electron chi connectivity index (χ1n) is 5.39. The highest BCUT2D eigenvalue weighted by Crippen LogP contribution is 2.45. The summed E-state index contributed by atoms with van der Waals surface area (Å²) in [6, 6.07) is 0. The number of hydrogen-bond donors (Lipinski definition) is 1. The molecule has 1 N–H and O–H groups in total. The number of alkyl halides is 3. The van der Waals surface area contributed by atoms with E-state index in [4.69, 9.17) is 9.84 Å². The van der Waals surface area contributed by atoms with Crippen molar-refractivity contribution in [2.24, 2.45) is 5.41 Å². The monoisotopic (exact) mass is 255 g/mol. The van der Waals surface area contributed by atoms with Gasteiger partial charge in [-0.2, -0.15) is 13.2 Å². The molecule has 0 aliphatic carbocycles. The molecule has 0 aromatic carbocycles. The fourth-order valence-electron chi connectivity index (χ4n) is 2.01. The predicted octanol–water partition coefficient (Wildman–Crippen LogP) is 1.36. The fourth-order valence-corrected chi connectivity index (χ4v) is 2.01. The molecule has 0 radical (unpaired) electrons. The van der Waals surface area contributed by atoms with Gasteiger partial charge in [0.2, 0.25) is 0 Å². The van der Waals surface area contributed by atoms with Gasteiger partial charge >= 0.3 is 12.1 Å². The van der Waals surface area contributed by atoms with Gasteiger partial charge in [0.1, 0.15) is 5.41 Å². The summed E-state index contributed by atoms with van der Waals surface area (Å²) >= 11 is 0. The molecule has 0 amide bonds. The van der Waals surface area contributed by atoms with Crippen LogP contribution in [0.2, 0.25) is 0 Å². The Hall–Kier alpha value is -0.820. The molecule has 0 aromatic heterocycles. The van der Waals surface area contributed by atoms with E-state index in [0.717, 1.165) is 0 Å². The Morgan fingerprint density at radius 1 is 1.53 bits per heavy atom. The van der Waals surface area contributed by atoms with Crippen LogP contribution in [0.25, 0.3) is 0 Å². The molecule has 1 aliphatic heterocycles. The Labute approximate surface area is 97.3 Å². The van der Waals surface area contributed by atoms with Gasteiger partial charge in [-0.3, -0.25) is 9.69 Å². The Balaban J connectivity index is 2.71. The minimum atomic E-state index is -4.37. The number of halogens is 3. The van der Waals surface area contributed by atoms with Gasteiger partial charge in [0, 0.05) is 13.2 Å². The van der Waals surface area contributed by atoms with Crippen LogP contribution < -0.4 is 0 Å². The second kappa shape index (κ2) is 5.22. The second-order valence-corrected chi connectivity index (χ2v) is 4.27. The minimum absolute atomic E-state index is 0.107. The molecule has 1 fully saturated rings. The highest BCUT2D eigenvalue weighted by molar-refractivity contribution is 5.69. The van der Waals surface area contributed by atoms with Gasteiger partial charge in [-0.05, 0) is 19.9 Å². The molecule has 1 heterocycles. The average molecular weight is 255 g/mol. The van der Waals surface area contributed by atoms with E-state index in [-0.39, 0.29) is 32.7 Å². The van der Waals surface area contributed by atoms with Crippen molar-refractivity contribution in [3.63, 3.8) is 0 Å². The predicted molar refractivity (Wildman–Crippen MR) is 53.7 cm³/mol. The van der Waals surface area contributed by atoms with Gasteiger partial charge in [0.25, 0.3) is 0 Å². The first-order valence-corrected chi connectivity index (χ1v) is 5.39. The maximum atomic E-state index is 13.0. The number of hydrogen-bond acceptors (Lipinski definition) is 3. The smallest absolute Gasteiger partial charge is 0.397 e. The Bertz CT molecular complexity index is 282. The van der Waals surface area contributed by atoms with Gasteiger partial charge in [-0.15, -0.1) is 0 Å². The van der Waals surface area contributed by atoms with Crippen LogP contribution in [0.5, 0.6) is 0 Å². The molecule has 1 atom stereocenters. The maximum absolute atomic E-state index is 13.0. The lowest BCUT2D eigenvalue weighted by atomic mass is 9.87. The second-order valence-electron chi connectivity index (χ2n) is 4.27. The third kappa shape index (κ3) is 3.32. The summed E-state index contributed by atoms with van der Waals surface area (Å²) in [4.78, 5) is 11.8. The third-order valence-electron chi connectivity index (χ3n) is 2.98. The van der Waals surface area contributed by atoms with Crippen molar-refractivity contribution in [1.82, 2.24) is 4.90 Å². The first kappa shape index (κ1) is 14.2. The zero-order valence-electron chi connectivity index (χ0n) is 9.59. The number of carbonyl (C=O) groups is 1. The summed E-state index contributed by atoms with van der Waals surface area (Å²) in [5.74, 6) is -1.11. The van der Waals surface area contributed by atoms with Gasteiger partial charge < -0.3 is 9.84 Å². The summed E-state index contributed by atoms with van der Waals surface area (Å²) < 4.78 is 43.9. The van der Waals surface area contributed by atoms with Crippen molar-refractivity contribution in [2.45, 2.75) is 19.5 Å². The lowest BCUT2D eigenvalue weighted by Crippen LogP contribution is -2.45. The molecular formula is C10H16F3NO3. The van der Waals surface area contributed by atoms with Crippen LogP contribution in [-0.4, -0.2) is 55.0 Å². The molecule has 0 saturated carbocycles. The zero-order chi connectivity index (χ0) is 13.1. The number of ether oxygens (including phenoxy) is 1. The van der Waals surface area contributed by atoms with E-state index < -0.39 is 24.2 Å². The summed E-state index contributed by atoms with van der Waals surface area (Å²) in [7, 11) is 0. The molecule has 1 unspecified atom stereocenters. The Morgan fingerprint density at radius 2 is 2.18 bits per heavy atom. The van der Waals surface area contributed by atoms with Gasteiger partial charge in [0.05, 0.1) is 13.2 Å². The fraction of sp³-hybridized carbons (Fsp3) is 0.900. The summed E-state index contributed by atoms with van der Waals surface area (Å²) in [6.45, 7) is 0.930. The van der Waals surface area contributed by atoms with E-state index in [2.05, 4.69) is 0 Å². The van der Waals surface area contributed by atoms with Crippen molar-refractivity contribution in [3.05, 3.63) is 0 Å². The first-order chi connectivity index (χ1) is 7.81. The number of carboxylic acids is 1. The Kier molecular flexibility index (Phi) is 4.37. The van der Waals surface area contributed by atoms with Crippen LogP contribution in [0.3, 0.4) is 0 Å². The van der Waals surface area contributed by atoms with Crippen LogP contribution >= 0.6 is 0 Å². The standard InChI is InChI=1S/C10H16F3NO3/c1-2-17-7-9(10(11,12)13)3-4-14(6-9)5-8(15)16/h2-7H2,1H3,(H,15,16). The molecule has 1 saturated heterocycles. The maximum Gasteiger partial charge on any atom is 0.397 e. The number of carboxylic acid groups (broad SMARTS) is 1. The molecule has 7 heteroatoms. The van der Waals surface area contributed by atoms with Crippen molar-refractivity contribution in [2.75, 3.05) is 32.8 Å². The van der Waals surface area contributed by atoms with Crippen LogP contribution in [0.1, 0.15) is 13.3 Å². The molecule has 17 heavy (non-hydrogen) atoms. The normalized spacial score (nSPS) is 26.4. The lowest BCUT2D eigenvalue weighted by molar-refractivity contribution is -0.235. The number of aliphatic carboxylic acids is 1. The molecular weight excluding hydrogens is 239 g/mol. The molecule has 0 spiro atoms. The molecule has 4 nitrogen and oxygen atoms in total.